The second-order valence-corrected chi connectivity index (χ2v) is 4.96. The van der Waals surface area contributed by atoms with Gasteiger partial charge >= 0.3 is 18.1 Å². The third-order valence-corrected chi connectivity index (χ3v) is 3.31. The van der Waals surface area contributed by atoms with Crippen LogP contribution in [-0.4, -0.2) is 34.2 Å². The summed E-state index contributed by atoms with van der Waals surface area (Å²) in [6, 6.07) is -0.790. The topological polar surface area (TPSA) is 70.5 Å². The molecule has 0 spiro atoms. The first-order valence-electron chi connectivity index (χ1n) is 5.16. The summed E-state index contributed by atoms with van der Waals surface area (Å²) in [7, 11) is 0. The van der Waals surface area contributed by atoms with Crippen LogP contribution in [0.25, 0.3) is 0 Å². The first kappa shape index (κ1) is 15.4. The number of carbonyl (C=O) groups is 2. The maximum Gasteiger partial charge on any atom is 0.471 e. The number of rotatable bonds is 3. The number of carboxylic acid groups (broad SMARTS) is 1. The molecule has 0 fully saturated rings. The van der Waals surface area contributed by atoms with Gasteiger partial charge in [0.15, 0.2) is 5.13 Å². The van der Waals surface area contributed by atoms with Gasteiger partial charge in [0.1, 0.15) is 4.88 Å². The van der Waals surface area contributed by atoms with E-state index in [0.29, 0.717) is 16.2 Å². The highest BCUT2D eigenvalue weighted by Crippen LogP contribution is 2.31. The third-order valence-electron chi connectivity index (χ3n) is 2.16. The summed E-state index contributed by atoms with van der Waals surface area (Å²) in [6.07, 6.45) is -5.03. The van der Waals surface area contributed by atoms with Crippen LogP contribution in [0.4, 0.5) is 18.3 Å². The molecule has 19 heavy (non-hydrogen) atoms. The average molecular weight is 296 g/mol. The fourth-order valence-electron chi connectivity index (χ4n) is 1.36. The number of carbonyl (C=O) groups excluding carboxylic acids is 1. The number of hydrogen-bond acceptors (Lipinski definition) is 4. The summed E-state index contributed by atoms with van der Waals surface area (Å²) in [5, 5.41) is 8.57. The number of aryl methyl sites for hydroxylation is 1. The molecule has 0 aliphatic heterocycles. The van der Waals surface area contributed by atoms with Gasteiger partial charge in [-0.15, -0.1) is 0 Å². The Morgan fingerprint density at radius 3 is 2.21 bits per heavy atom. The Labute approximate surface area is 110 Å². The van der Waals surface area contributed by atoms with Crippen LogP contribution in [0.3, 0.4) is 0 Å². The van der Waals surface area contributed by atoms with E-state index in [-0.39, 0.29) is 15.7 Å². The molecule has 0 radical (unpaired) electrons. The van der Waals surface area contributed by atoms with Crippen molar-refractivity contribution in [2.45, 2.75) is 33.0 Å². The van der Waals surface area contributed by atoms with Crippen molar-refractivity contribution in [3.8, 4) is 0 Å². The summed E-state index contributed by atoms with van der Waals surface area (Å²) < 4.78 is 37.4. The minimum absolute atomic E-state index is 0.0770. The molecule has 1 N–H and O–H groups in total. The molecule has 0 atom stereocenters. The molecule has 5 nitrogen and oxygen atoms in total. The molecule has 1 aromatic rings. The standard InChI is InChI=1S/C10H11F3N2O3S/c1-4(2)15(8(18)10(11,12)13)9-14-5(3)6(19-9)7(16)17/h4H,1-3H3,(H,16,17). The number of thiazole rings is 1. The van der Waals surface area contributed by atoms with Crippen molar-refractivity contribution in [3.63, 3.8) is 0 Å². The molecule has 0 bridgehead atoms. The number of alkyl halides is 3. The van der Waals surface area contributed by atoms with E-state index in [0.717, 1.165) is 0 Å². The monoisotopic (exact) mass is 296 g/mol. The summed E-state index contributed by atoms with van der Waals surface area (Å²) in [4.78, 5) is 26.2. The number of anilines is 1. The Balaban J connectivity index is 3.25. The average Bonchev–Trinajstić information content (AvgIpc) is 2.58. The Morgan fingerprint density at radius 2 is 1.89 bits per heavy atom. The minimum Gasteiger partial charge on any atom is -0.477 e. The number of nitrogens with zero attached hydrogens (tertiary/aromatic N) is 2. The van der Waals surface area contributed by atoms with Gasteiger partial charge in [-0.25, -0.2) is 9.78 Å². The normalized spacial score (nSPS) is 11.7. The lowest BCUT2D eigenvalue weighted by Crippen LogP contribution is -2.45. The van der Waals surface area contributed by atoms with Gasteiger partial charge in [0.25, 0.3) is 0 Å². The molecule has 1 heterocycles. The molecule has 0 unspecified atom stereocenters. The molecule has 9 heteroatoms. The second-order valence-electron chi connectivity index (χ2n) is 3.98. The van der Waals surface area contributed by atoms with Crippen LogP contribution in [0.2, 0.25) is 0 Å². The smallest absolute Gasteiger partial charge is 0.471 e. The van der Waals surface area contributed by atoms with E-state index >= 15 is 0 Å². The molecular formula is C10H11F3N2O3S. The van der Waals surface area contributed by atoms with Crippen LogP contribution >= 0.6 is 11.3 Å². The van der Waals surface area contributed by atoms with E-state index in [2.05, 4.69) is 4.98 Å². The number of aromatic carboxylic acids is 1. The Morgan fingerprint density at radius 1 is 1.37 bits per heavy atom. The van der Waals surface area contributed by atoms with Crippen molar-refractivity contribution in [1.82, 2.24) is 4.98 Å². The quantitative estimate of drug-likeness (QED) is 0.930. The number of aromatic nitrogens is 1. The molecule has 1 aromatic heterocycles. The van der Waals surface area contributed by atoms with E-state index in [9.17, 15) is 22.8 Å². The van der Waals surface area contributed by atoms with E-state index in [4.69, 9.17) is 5.11 Å². The Hall–Kier alpha value is -1.64. The van der Waals surface area contributed by atoms with Crippen LogP contribution in [0, 0.1) is 6.92 Å². The van der Waals surface area contributed by atoms with E-state index in [1.165, 1.54) is 20.8 Å². The minimum atomic E-state index is -5.03. The zero-order valence-corrected chi connectivity index (χ0v) is 11.1. The van der Waals surface area contributed by atoms with E-state index < -0.39 is 24.1 Å². The Bertz CT molecular complexity index is 511. The van der Waals surface area contributed by atoms with E-state index in [1.807, 2.05) is 0 Å². The van der Waals surface area contributed by atoms with Crippen molar-refractivity contribution in [2.24, 2.45) is 0 Å². The molecule has 0 aromatic carbocycles. The highest BCUT2D eigenvalue weighted by molar-refractivity contribution is 7.17. The van der Waals surface area contributed by atoms with Gasteiger partial charge in [0, 0.05) is 6.04 Å². The molecule has 106 valence electrons. The molecule has 0 aliphatic carbocycles. The van der Waals surface area contributed by atoms with Crippen molar-refractivity contribution in [2.75, 3.05) is 4.90 Å². The maximum absolute atomic E-state index is 12.5. The summed E-state index contributed by atoms with van der Waals surface area (Å²) in [5.74, 6) is -3.35. The first-order valence-corrected chi connectivity index (χ1v) is 5.98. The van der Waals surface area contributed by atoms with Gasteiger partial charge in [0.2, 0.25) is 0 Å². The molecule has 0 saturated carbocycles. The number of carboxylic acids is 1. The van der Waals surface area contributed by atoms with Gasteiger partial charge in [-0.2, -0.15) is 13.2 Å². The molecule has 0 saturated heterocycles. The largest absolute Gasteiger partial charge is 0.477 e. The maximum atomic E-state index is 12.5. The highest BCUT2D eigenvalue weighted by atomic mass is 32.1. The van der Waals surface area contributed by atoms with Gasteiger partial charge in [0.05, 0.1) is 5.69 Å². The zero-order valence-electron chi connectivity index (χ0n) is 10.3. The van der Waals surface area contributed by atoms with Gasteiger partial charge in [-0.1, -0.05) is 11.3 Å². The van der Waals surface area contributed by atoms with Crippen molar-refractivity contribution < 1.29 is 27.9 Å². The van der Waals surface area contributed by atoms with Crippen LogP contribution in [0.15, 0.2) is 0 Å². The first-order chi connectivity index (χ1) is 8.55. The Kier molecular flexibility index (Phi) is 4.18. The lowest BCUT2D eigenvalue weighted by molar-refractivity contribution is -0.170. The summed E-state index contributed by atoms with van der Waals surface area (Å²) in [6.45, 7) is 4.14. The van der Waals surface area contributed by atoms with Crippen molar-refractivity contribution >= 4 is 28.3 Å². The number of hydrogen-bond donors (Lipinski definition) is 1. The fourth-order valence-corrected chi connectivity index (χ4v) is 2.40. The number of halogens is 3. The fraction of sp³-hybridized carbons (Fsp3) is 0.500. The molecule has 1 amide bonds. The number of amides is 1. The molecule has 1 rings (SSSR count). The van der Waals surface area contributed by atoms with Crippen LogP contribution < -0.4 is 4.90 Å². The van der Waals surface area contributed by atoms with Crippen LogP contribution in [-0.2, 0) is 4.79 Å². The zero-order chi connectivity index (χ0) is 15.0. The molecule has 0 aliphatic rings. The van der Waals surface area contributed by atoms with Crippen molar-refractivity contribution in [1.29, 1.82) is 0 Å². The van der Waals surface area contributed by atoms with Crippen LogP contribution in [0.1, 0.15) is 29.2 Å². The summed E-state index contributed by atoms with van der Waals surface area (Å²) in [5.41, 5.74) is 0.0770. The molecular weight excluding hydrogens is 285 g/mol. The SMILES string of the molecule is Cc1nc(N(C(=O)C(F)(F)F)C(C)C)sc1C(=O)O. The summed E-state index contributed by atoms with van der Waals surface area (Å²) >= 11 is 0.543. The van der Waals surface area contributed by atoms with E-state index in [1.54, 1.807) is 0 Å². The lowest BCUT2D eigenvalue weighted by atomic mass is 10.3. The van der Waals surface area contributed by atoms with Crippen LogP contribution in [0.5, 0.6) is 0 Å². The van der Waals surface area contributed by atoms with Gasteiger partial charge < -0.3 is 5.11 Å². The van der Waals surface area contributed by atoms with Crippen molar-refractivity contribution in [3.05, 3.63) is 10.6 Å². The lowest BCUT2D eigenvalue weighted by Gasteiger charge is -2.24. The third kappa shape index (κ3) is 3.22. The second kappa shape index (κ2) is 5.16. The van der Waals surface area contributed by atoms with Gasteiger partial charge in [-0.3, -0.25) is 9.69 Å². The predicted molar refractivity (Wildman–Crippen MR) is 62.5 cm³/mol. The highest BCUT2D eigenvalue weighted by Gasteiger charge is 2.45. The van der Waals surface area contributed by atoms with Gasteiger partial charge in [-0.05, 0) is 20.8 Å². The predicted octanol–water partition coefficient (Wildman–Crippen LogP) is 2.45.